The van der Waals surface area contributed by atoms with Crippen LogP contribution in [0.25, 0.3) is 0 Å². The molecular weight excluding hydrogens is 274 g/mol. The average molecular weight is 291 g/mol. The monoisotopic (exact) mass is 291 g/mol. The van der Waals surface area contributed by atoms with Crippen LogP contribution in [0.15, 0.2) is 46.8 Å². The molecule has 6 heteroatoms. The van der Waals surface area contributed by atoms with E-state index >= 15 is 0 Å². The van der Waals surface area contributed by atoms with Crippen LogP contribution in [0.2, 0.25) is 0 Å². The second-order valence-electron chi connectivity index (χ2n) is 5.17. The highest BCUT2D eigenvalue weighted by Crippen LogP contribution is 2.43. The molecular formula is C14H17N3O2S. The van der Waals surface area contributed by atoms with Gasteiger partial charge < -0.3 is 10.6 Å². The standard InChI is InChI=1S/C14H17N3O2S/c1-2-8-17-13(15)16-10-14(17)7-9-20(18,19)12-6-4-3-5-11(12)14/h2-6H,1,7-10H2,(H2,15,16). The van der Waals surface area contributed by atoms with E-state index in [9.17, 15) is 8.42 Å². The van der Waals surface area contributed by atoms with Gasteiger partial charge in [0.2, 0.25) is 0 Å². The molecule has 0 aliphatic carbocycles. The fraction of sp³-hybridized carbons (Fsp3) is 0.357. The number of aliphatic imine (C=N–C) groups is 1. The highest BCUT2D eigenvalue weighted by Gasteiger charge is 2.49. The molecule has 0 bridgehead atoms. The number of nitrogens with two attached hydrogens (primary N) is 1. The van der Waals surface area contributed by atoms with Crippen LogP contribution in [-0.2, 0) is 15.4 Å². The van der Waals surface area contributed by atoms with Gasteiger partial charge in [-0.1, -0.05) is 24.3 Å². The Hall–Kier alpha value is -1.82. The second-order valence-corrected chi connectivity index (χ2v) is 7.25. The Morgan fingerprint density at radius 3 is 2.95 bits per heavy atom. The molecule has 0 saturated carbocycles. The summed E-state index contributed by atoms with van der Waals surface area (Å²) in [7, 11) is -3.21. The van der Waals surface area contributed by atoms with Gasteiger partial charge in [-0.05, 0) is 18.1 Å². The van der Waals surface area contributed by atoms with Gasteiger partial charge in [-0.2, -0.15) is 0 Å². The first kappa shape index (κ1) is 13.2. The molecule has 106 valence electrons. The molecule has 2 N–H and O–H groups in total. The third kappa shape index (κ3) is 1.67. The lowest BCUT2D eigenvalue weighted by molar-refractivity contribution is 0.203. The predicted octanol–water partition coefficient (Wildman–Crippen LogP) is 0.876. The fourth-order valence-electron chi connectivity index (χ4n) is 3.11. The number of hydrogen-bond acceptors (Lipinski definition) is 5. The molecule has 0 aromatic heterocycles. The second kappa shape index (κ2) is 4.34. The highest BCUT2D eigenvalue weighted by atomic mass is 32.2. The van der Waals surface area contributed by atoms with Crippen LogP contribution in [0.1, 0.15) is 12.0 Å². The van der Waals surface area contributed by atoms with Crippen LogP contribution >= 0.6 is 0 Å². The van der Waals surface area contributed by atoms with Gasteiger partial charge in [0.15, 0.2) is 15.8 Å². The van der Waals surface area contributed by atoms with Crippen LogP contribution in [-0.4, -0.2) is 38.1 Å². The van der Waals surface area contributed by atoms with E-state index < -0.39 is 15.4 Å². The third-order valence-corrected chi connectivity index (χ3v) is 5.88. The topological polar surface area (TPSA) is 75.8 Å². The van der Waals surface area contributed by atoms with Crippen molar-refractivity contribution in [3.05, 3.63) is 42.5 Å². The van der Waals surface area contributed by atoms with Gasteiger partial charge in [-0.15, -0.1) is 6.58 Å². The molecule has 5 nitrogen and oxygen atoms in total. The molecule has 1 aromatic rings. The SMILES string of the molecule is C=CCN1C(N)=NCC12CCS(=O)(=O)c1ccccc12. The molecule has 2 aliphatic heterocycles. The Morgan fingerprint density at radius 1 is 1.45 bits per heavy atom. The molecule has 0 saturated heterocycles. The van der Waals surface area contributed by atoms with Gasteiger partial charge in [0.05, 0.1) is 22.7 Å². The van der Waals surface area contributed by atoms with Crippen LogP contribution in [0, 0.1) is 0 Å². The lowest BCUT2D eigenvalue weighted by atomic mass is 9.85. The molecule has 1 atom stereocenters. The van der Waals surface area contributed by atoms with Crippen molar-refractivity contribution in [1.82, 2.24) is 4.90 Å². The van der Waals surface area contributed by atoms with Crippen molar-refractivity contribution in [2.75, 3.05) is 18.8 Å². The third-order valence-electron chi connectivity index (χ3n) is 4.12. The molecule has 1 spiro atoms. The van der Waals surface area contributed by atoms with Crippen LogP contribution < -0.4 is 5.73 Å². The first-order valence-corrected chi connectivity index (χ1v) is 8.17. The zero-order chi connectivity index (χ0) is 14.4. The summed E-state index contributed by atoms with van der Waals surface area (Å²) in [6.07, 6.45) is 2.27. The molecule has 20 heavy (non-hydrogen) atoms. The Balaban J connectivity index is 2.19. The van der Waals surface area contributed by atoms with Crippen molar-refractivity contribution in [1.29, 1.82) is 0 Å². The number of benzene rings is 1. The lowest BCUT2D eigenvalue weighted by Crippen LogP contribution is -2.52. The summed E-state index contributed by atoms with van der Waals surface area (Å²) < 4.78 is 24.5. The van der Waals surface area contributed by atoms with Crippen LogP contribution in [0.3, 0.4) is 0 Å². The summed E-state index contributed by atoms with van der Waals surface area (Å²) >= 11 is 0. The van der Waals surface area contributed by atoms with Crippen molar-refractivity contribution < 1.29 is 8.42 Å². The quantitative estimate of drug-likeness (QED) is 0.821. The van der Waals surface area contributed by atoms with E-state index in [1.165, 1.54) is 0 Å². The van der Waals surface area contributed by atoms with Crippen molar-refractivity contribution in [3.63, 3.8) is 0 Å². The molecule has 0 fully saturated rings. The van der Waals surface area contributed by atoms with Crippen LogP contribution in [0.5, 0.6) is 0 Å². The molecule has 0 amide bonds. The first-order valence-electron chi connectivity index (χ1n) is 6.52. The van der Waals surface area contributed by atoms with E-state index in [0.29, 0.717) is 30.4 Å². The summed E-state index contributed by atoms with van der Waals surface area (Å²) in [5, 5.41) is 0. The lowest BCUT2D eigenvalue weighted by Gasteiger charge is -2.42. The molecule has 3 rings (SSSR count). The molecule has 1 aromatic carbocycles. The van der Waals surface area contributed by atoms with E-state index in [1.54, 1.807) is 18.2 Å². The Labute approximate surface area is 118 Å². The Bertz CT molecular complexity index is 696. The Kier molecular flexibility index (Phi) is 2.86. The highest BCUT2D eigenvalue weighted by molar-refractivity contribution is 7.91. The molecule has 2 aliphatic rings. The van der Waals surface area contributed by atoms with Gasteiger partial charge in [0.25, 0.3) is 0 Å². The van der Waals surface area contributed by atoms with E-state index in [0.717, 1.165) is 5.56 Å². The van der Waals surface area contributed by atoms with E-state index in [1.807, 2.05) is 17.0 Å². The predicted molar refractivity (Wildman–Crippen MR) is 78.2 cm³/mol. The summed E-state index contributed by atoms with van der Waals surface area (Å²) in [4.78, 5) is 6.71. The van der Waals surface area contributed by atoms with Gasteiger partial charge in [0, 0.05) is 6.54 Å². The number of fused-ring (bicyclic) bond motifs is 2. The largest absolute Gasteiger partial charge is 0.370 e. The normalized spacial score (nSPS) is 27.2. The number of rotatable bonds is 2. The summed E-state index contributed by atoms with van der Waals surface area (Å²) in [5.41, 5.74) is 6.33. The van der Waals surface area contributed by atoms with E-state index in [4.69, 9.17) is 5.73 Å². The minimum Gasteiger partial charge on any atom is -0.370 e. The van der Waals surface area contributed by atoms with E-state index in [-0.39, 0.29) is 5.75 Å². The maximum Gasteiger partial charge on any atom is 0.192 e. The number of hydrogen-bond donors (Lipinski definition) is 1. The number of sulfone groups is 1. The number of nitrogens with zero attached hydrogens (tertiary/aromatic N) is 2. The maximum atomic E-state index is 12.3. The molecule has 1 unspecified atom stereocenters. The van der Waals surface area contributed by atoms with Gasteiger partial charge >= 0.3 is 0 Å². The van der Waals surface area contributed by atoms with Crippen molar-refractivity contribution >= 4 is 15.8 Å². The average Bonchev–Trinajstić information content (AvgIpc) is 2.75. The molecule has 0 radical (unpaired) electrons. The molecule has 2 heterocycles. The smallest absolute Gasteiger partial charge is 0.192 e. The van der Waals surface area contributed by atoms with Crippen molar-refractivity contribution in [3.8, 4) is 0 Å². The van der Waals surface area contributed by atoms with Gasteiger partial charge in [-0.25, -0.2) is 8.42 Å². The summed E-state index contributed by atoms with van der Waals surface area (Å²) in [6.45, 7) is 4.81. The minimum atomic E-state index is -3.21. The number of guanidine groups is 1. The van der Waals surface area contributed by atoms with Gasteiger partial charge in [-0.3, -0.25) is 4.99 Å². The van der Waals surface area contributed by atoms with Crippen molar-refractivity contribution in [2.24, 2.45) is 10.7 Å². The fourth-order valence-corrected chi connectivity index (χ4v) is 4.82. The minimum absolute atomic E-state index is 0.125. The van der Waals surface area contributed by atoms with Gasteiger partial charge in [0.1, 0.15) is 0 Å². The van der Waals surface area contributed by atoms with Crippen LogP contribution in [0.4, 0.5) is 0 Å². The summed E-state index contributed by atoms with van der Waals surface area (Å²) in [6, 6.07) is 7.16. The zero-order valence-electron chi connectivity index (χ0n) is 11.1. The van der Waals surface area contributed by atoms with E-state index in [2.05, 4.69) is 11.6 Å². The van der Waals surface area contributed by atoms with Crippen molar-refractivity contribution in [2.45, 2.75) is 16.9 Å². The zero-order valence-corrected chi connectivity index (χ0v) is 11.9. The first-order chi connectivity index (χ1) is 9.51. The summed E-state index contributed by atoms with van der Waals surface area (Å²) in [5.74, 6) is 0.583. The Morgan fingerprint density at radius 2 is 2.20 bits per heavy atom. The maximum absolute atomic E-state index is 12.3.